The molecule has 2 rings (SSSR count). The van der Waals surface area contributed by atoms with E-state index in [1.54, 1.807) is 12.1 Å². The van der Waals surface area contributed by atoms with Gasteiger partial charge in [-0.1, -0.05) is 0 Å². The number of halogens is 3. The monoisotopic (exact) mass is 328 g/mol. The molecular formula is C15H15F3N2O3. The molecule has 0 radical (unpaired) electrons. The number of carbonyl (C=O) groups is 1. The quantitative estimate of drug-likeness (QED) is 0.806. The van der Waals surface area contributed by atoms with E-state index in [2.05, 4.69) is 10.6 Å². The average Bonchev–Trinajstić information content (AvgIpc) is 3.00. The molecule has 23 heavy (non-hydrogen) atoms. The van der Waals surface area contributed by atoms with Crippen molar-refractivity contribution in [2.24, 2.45) is 0 Å². The van der Waals surface area contributed by atoms with Gasteiger partial charge < -0.3 is 20.2 Å². The van der Waals surface area contributed by atoms with Crippen molar-refractivity contribution in [3.8, 4) is 0 Å². The fraction of sp³-hybridized carbons (Fsp3) is 0.267. The van der Waals surface area contributed by atoms with E-state index in [-0.39, 0.29) is 18.0 Å². The Morgan fingerprint density at radius 3 is 2.39 bits per heavy atom. The first kappa shape index (κ1) is 16.9. The molecule has 2 aromatic rings. The summed E-state index contributed by atoms with van der Waals surface area (Å²) in [6, 6.07) is 6.54. The highest BCUT2D eigenvalue weighted by molar-refractivity contribution is 5.89. The van der Waals surface area contributed by atoms with Gasteiger partial charge in [-0.25, -0.2) is 4.79 Å². The van der Waals surface area contributed by atoms with E-state index >= 15 is 0 Å². The van der Waals surface area contributed by atoms with Crippen LogP contribution in [0.1, 0.15) is 18.2 Å². The predicted molar refractivity (Wildman–Crippen MR) is 76.7 cm³/mol. The van der Waals surface area contributed by atoms with Gasteiger partial charge in [-0.3, -0.25) is 0 Å². The van der Waals surface area contributed by atoms with E-state index in [0.29, 0.717) is 0 Å². The van der Waals surface area contributed by atoms with Crippen molar-refractivity contribution >= 4 is 11.7 Å². The van der Waals surface area contributed by atoms with Crippen molar-refractivity contribution in [3.63, 3.8) is 0 Å². The summed E-state index contributed by atoms with van der Waals surface area (Å²) in [6.07, 6.45) is -3.03. The molecule has 0 bridgehead atoms. The first-order chi connectivity index (χ1) is 10.7. The molecule has 1 unspecified atom stereocenters. The first-order valence-electron chi connectivity index (χ1n) is 6.67. The lowest BCUT2D eigenvalue weighted by molar-refractivity contribution is -0.137. The molecule has 0 aliphatic rings. The third-order valence-corrected chi connectivity index (χ3v) is 3.12. The Morgan fingerprint density at radius 2 is 1.87 bits per heavy atom. The number of carbonyl (C=O) groups excluding carboxylic acids is 1. The van der Waals surface area contributed by atoms with Crippen molar-refractivity contribution in [3.05, 3.63) is 54.0 Å². The highest BCUT2D eigenvalue weighted by atomic mass is 19.4. The zero-order chi connectivity index (χ0) is 17.1. The van der Waals surface area contributed by atoms with Gasteiger partial charge in [0.25, 0.3) is 0 Å². The molecule has 124 valence electrons. The summed E-state index contributed by atoms with van der Waals surface area (Å²) < 4.78 is 42.4. The summed E-state index contributed by atoms with van der Waals surface area (Å²) in [4.78, 5) is 11.7. The lowest BCUT2D eigenvalue weighted by Gasteiger charge is -2.21. The SMILES string of the molecule is CC(O)(CNC(=O)Nc1ccc(C(F)(F)F)cc1)c1ccco1. The van der Waals surface area contributed by atoms with Crippen LogP contribution >= 0.6 is 0 Å². The number of anilines is 1. The molecule has 1 heterocycles. The number of nitrogens with one attached hydrogen (secondary N) is 2. The Morgan fingerprint density at radius 1 is 1.22 bits per heavy atom. The van der Waals surface area contributed by atoms with Crippen molar-refractivity contribution in [1.29, 1.82) is 0 Å². The molecule has 1 aromatic carbocycles. The number of furan rings is 1. The topological polar surface area (TPSA) is 74.5 Å². The second kappa shape index (κ2) is 6.33. The van der Waals surface area contributed by atoms with Crippen LogP contribution in [0.3, 0.4) is 0 Å². The summed E-state index contributed by atoms with van der Waals surface area (Å²) in [6.45, 7) is 1.33. The van der Waals surface area contributed by atoms with E-state index < -0.39 is 23.4 Å². The van der Waals surface area contributed by atoms with Gasteiger partial charge in [0.1, 0.15) is 11.4 Å². The minimum atomic E-state index is -4.43. The molecule has 0 saturated heterocycles. The third kappa shape index (κ3) is 4.49. The molecular weight excluding hydrogens is 313 g/mol. The Labute approximate surface area is 130 Å². The second-order valence-electron chi connectivity index (χ2n) is 5.13. The van der Waals surface area contributed by atoms with Crippen LogP contribution in [-0.4, -0.2) is 17.7 Å². The van der Waals surface area contributed by atoms with E-state index in [0.717, 1.165) is 24.3 Å². The van der Waals surface area contributed by atoms with Crippen LogP contribution in [0, 0.1) is 0 Å². The lowest BCUT2D eigenvalue weighted by atomic mass is 10.0. The third-order valence-electron chi connectivity index (χ3n) is 3.12. The fourth-order valence-electron chi connectivity index (χ4n) is 1.84. The van der Waals surface area contributed by atoms with E-state index in [9.17, 15) is 23.1 Å². The number of amides is 2. The number of urea groups is 1. The van der Waals surface area contributed by atoms with Gasteiger partial charge in [-0.05, 0) is 43.3 Å². The highest BCUT2D eigenvalue weighted by Crippen LogP contribution is 2.29. The maximum atomic E-state index is 12.4. The molecule has 5 nitrogen and oxygen atoms in total. The number of hydrogen-bond donors (Lipinski definition) is 3. The Kier molecular flexibility index (Phi) is 4.65. The summed E-state index contributed by atoms with van der Waals surface area (Å²) in [7, 11) is 0. The molecule has 1 aromatic heterocycles. The van der Waals surface area contributed by atoms with Crippen LogP contribution in [0.15, 0.2) is 47.1 Å². The smallest absolute Gasteiger partial charge is 0.416 e. The lowest BCUT2D eigenvalue weighted by Crippen LogP contribution is -2.40. The van der Waals surface area contributed by atoms with E-state index in [4.69, 9.17) is 4.42 Å². The van der Waals surface area contributed by atoms with Gasteiger partial charge in [0.05, 0.1) is 18.4 Å². The second-order valence-corrected chi connectivity index (χ2v) is 5.13. The largest absolute Gasteiger partial charge is 0.466 e. The van der Waals surface area contributed by atoms with E-state index in [1.165, 1.54) is 13.2 Å². The van der Waals surface area contributed by atoms with Crippen molar-refractivity contribution in [2.45, 2.75) is 18.7 Å². The number of alkyl halides is 3. The standard InChI is InChI=1S/C15H15F3N2O3/c1-14(22,12-3-2-8-23-12)9-19-13(21)20-11-6-4-10(5-7-11)15(16,17)18/h2-8,22H,9H2,1H3,(H2,19,20,21). The van der Waals surface area contributed by atoms with Crippen LogP contribution in [-0.2, 0) is 11.8 Å². The van der Waals surface area contributed by atoms with Crippen molar-refractivity contribution in [1.82, 2.24) is 5.32 Å². The molecule has 1 atom stereocenters. The fourth-order valence-corrected chi connectivity index (χ4v) is 1.84. The average molecular weight is 328 g/mol. The minimum absolute atomic E-state index is 0.132. The Balaban J connectivity index is 1.90. The number of hydrogen-bond acceptors (Lipinski definition) is 3. The van der Waals surface area contributed by atoms with Crippen LogP contribution in [0.5, 0.6) is 0 Å². The van der Waals surface area contributed by atoms with E-state index in [1.807, 2.05) is 0 Å². The van der Waals surface area contributed by atoms with Crippen LogP contribution < -0.4 is 10.6 Å². The van der Waals surface area contributed by atoms with Crippen LogP contribution in [0.4, 0.5) is 23.7 Å². The van der Waals surface area contributed by atoms with Crippen LogP contribution in [0.25, 0.3) is 0 Å². The molecule has 2 amide bonds. The highest BCUT2D eigenvalue weighted by Gasteiger charge is 2.30. The molecule has 0 spiro atoms. The zero-order valence-electron chi connectivity index (χ0n) is 12.1. The van der Waals surface area contributed by atoms with Gasteiger partial charge in [0.2, 0.25) is 0 Å². The summed E-state index contributed by atoms with van der Waals surface area (Å²) >= 11 is 0. The number of aliphatic hydroxyl groups is 1. The predicted octanol–water partition coefficient (Wildman–Crippen LogP) is 3.33. The molecule has 0 aliphatic heterocycles. The zero-order valence-corrected chi connectivity index (χ0v) is 12.1. The number of rotatable bonds is 4. The van der Waals surface area contributed by atoms with Gasteiger partial charge in [0.15, 0.2) is 0 Å². The maximum Gasteiger partial charge on any atom is 0.416 e. The number of benzene rings is 1. The summed E-state index contributed by atoms with van der Waals surface area (Å²) in [5.41, 5.74) is -2.00. The Bertz CT molecular complexity index is 650. The van der Waals surface area contributed by atoms with Gasteiger partial charge in [0, 0.05) is 5.69 Å². The van der Waals surface area contributed by atoms with Crippen molar-refractivity contribution < 1.29 is 27.5 Å². The molecule has 0 fully saturated rings. The molecule has 8 heteroatoms. The van der Waals surface area contributed by atoms with Gasteiger partial charge in [-0.15, -0.1) is 0 Å². The Hall–Kier alpha value is -2.48. The normalized spacial score (nSPS) is 14.1. The van der Waals surface area contributed by atoms with Crippen molar-refractivity contribution in [2.75, 3.05) is 11.9 Å². The van der Waals surface area contributed by atoms with Gasteiger partial charge >= 0.3 is 12.2 Å². The minimum Gasteiger partial charge on any atom is -0.466 e. The molecule has 3 N–H and O–H groups in total. The maximum absolute atomic E-state index is 12.4. The summed E-state index contributed by atoms with van der Waals surface area (Å²) in [5, 5.41) is 15.0. The molecule has 0 aliphatic carbocycles. The first-order valence-corrected chi connectivity index (χ1v) is 6.67. The van der Waals surface area contributed by atoms with Gasteiger partial charge in [-0.2, -0.15) is 13.2 Å². The molecule has 0 saturated carbocycles. The summed E-state index contributed by atoms with van der Waals surface area (Å²) in [5.74, 6) is 0.285. The van der Waals surface area contributed by atoms with Crippen LogP contribution in [0.2, 0.25) is 0 Å².